The summed E-state index contributed by atoms with van der Waals surface area (Å²) < 4.78 is 26.4. The van der Waals surface area contributed by atoms with Crippen LogP contribution in [0.5, 0.6) is 0 Å². The number of rotatable bonds is 1. The number of hydrogen-bond donors (Lipinski definition) is 0. The summed E-state index contributed by atoms with van der Waals surface area (Å²) in [4.78, 5) is 0. The van der Waals surface area contributed by atoms with Crippen molar-refractivity contribution in [2.24, 2.45) is 0 Å². The first-order chi connectivity index (χ1) is 7.59. The summed E-state index contributed by atoms with van der Waals surface area (Å²) in [5.41, 5.74) is 0.519. The first-order valence-electron chi connectivity index (χ1n) is 4.40. The van der Waals surface area contributed by atoms with E-state index < -0.39 is 11.6 Å². The highest BCUT2D eigenvalue weighted by Gasteiger charge is 2.13. The number of halogens is 4. The van der Waals surface area contributed by atoms with Gasteiger partial charge in [-0.15, -0.1) is 0 Å². The van der Waals surface area contributed by atoms with Crippen LogP contribution in [-0.2, 0) is 0 Å². The molecule has 0 heterocycles. The first kappa shape index (κ1) is 11.4. The molecule has 0 nitrogen and oxygen atoms in total. The molecule has 1 radical (unpaired) electrons. The molecule has 0 aliphatic heterocycles. The highest BCUT2D eigenvalue weighted by molar-refractivity contribution is 6.36. The Morgan fingerprint density at radius 2 is 1.75 bits per heavy atom. The van der Waals surface area contributed by atoms with E-state index in [1.54, 1.807) is 0 Å². The maximum absolute atomic E-state index is 13.5. The number of benzene rings is 2. The third kappa shape index (κ3) is 2.04. The molecule has 0 unspecified atom stereocenters. The molecular weight excluding hydrogens is 253 g/mol. The van der Waals surface area contributed by atoms with Crippen molar-refractivity contribution in [3.8, 4) is 11.1 Å². The minimum atomic E-state index is -0.541. The Kier molecular flexibility index (Phi) is 3.13. The highest BCUT2D eigenvalue weighted by Crippen LogP contribution is 2.35. The van der Waals surface area contributed by atoms with Gasteiger partial charge in [-0.2, -0.15) is 0 Å². The summed E-state index contributed by atoms with van der Waals surface area (Å²) in [6.07, 6.45) is 0. The molecule has 4 heteroatoms. The largest absolute Gasteiger partial charge is 0.207 e. The summed E-state index contributed by atoms with van der Waals surface area (Å²) in [5, 5.41) is 0.306. The van der Waals surface area contributed by atoms with Crippen LogP contribution in [0.1, 0.15) is 0 Å². The minimum absolute atomic E-state index is 0.118. The van der Waals surface area contributed by atoms with E-state index in [4.69, 9.17) is 23.2 Å². The zero-order valence-corrected chi connectivity index (χ0v) is 9.41. The van der Waals surface area contributed by atoms with Gasteiger partial charge in [-0.25, -0.2) is 8.78 Å². The third-order valence-corrected chi connectivity index (χ3v) is 2.71. The Morgan fingerprint density at radius 1 is 1.00 bits per heavy atom. The fourth-order valence-corrected chi connectivity index (χ4v) is 1.91. The Hall–Kier alpha value is -1.12. The molecule has 0 amide bonds. The van der Waals surface area contributed by atoms with Crippen molar-refractivity contribution < 1.29 is 8.78 Å². The topological polar surface area (TPSA) is 0 Å². The van der Waals surface area contributed by atoms with Gasteiger partial charge < -0.3 is 0 Å². The zero-order chi connectivity index (χ0) is 11.7. The molecule has 0 bridgehead atoms. The molecule has 0 aliphatic rings. The Bertz CT molecular complexity index is 518. The highest BCUT2D eigenvalue weighted by atomic mass is 35.5. The summed E-state index contributed by atoms with van der Waals surface area (Å²) in [7, 11) is 0. The molecule has 2 aromatic carbocycles. The molecule has 0 aromatic heterocycles. The molecule has 81 valence electrons. The second-order valence-electron chi connectivity index (χ2n) is 3.15. The van der Waals surface area contributed by atoms with Crippen molar-refractivity contribution in [1.82, 2.24) is 0 Å². The molecule has 0 aliphatic carbocycles. The van der Waals surface area contributed by atoms with Crippen LogP contribution in [0.25, 0.3) is 11.1 Å². The van der Waals surface area contributed by atoms with Crippen molar-refractivity contribution in [2.45, 2.75) is 0 Å². The molecule has 2 aromatic rings. The SMILES string of the molecule is Fc1ccc(-c2c(F)c[c]cc2Cl)c(Cl)c1. The van der Waals surface area contributed by atoms with Crippen molar-refractivity contribution in [3.05, 3.63) is 58.1 Å². The van der Waals surface area contributed by atoms with Gasteiger partial charge in [0.1, 0.15) is 11.6 Å². The van der Waals surface area contributed by atoms with Gasteiger partial charge in [0.15, 0.2) is 0 Å². The molecule has 0 saturated carbocycles. The second-order valence-corrected chi connectivity index (χ2v) is 3.96. The average molecular weight is 258 g/mol. The quantitative estimate of drug-likeness (QED) is 0.693. The maximum atomic E-state index is 13.5. The standard InChI is InChI=1S/C12H5Cl2F2/c13-9-2-1-3-11(16)12(9)8-5-4-7(15)6-10(8)14/h2-6H. The van der Waals surface area contributed by atoms with Gasteiger partial charge in [0, 0.05) is 11.1 Å². The van der Waals surface area contributed by atoms with Gasteiger partial charge in [0.2, 0.25) is 0 Å². The van der Waals surface area contributed by atoms with E-state index >= 15 is 0 Å². The normalized spacial score (nSPS) is 10.5. The fourth-order valence-electron chi connectivity index (χ4n) is 1.40. The van der Waals surface area contributed by atoms with E-state index in [0.717, 1.165) is 12.1 Å². The van der Waals surface area contributed by atoms with Crippen LogP contribution in [0.2, 0.25) is 10.0 Å². The van der Waals surface area contributed by atoms with Crippen molar-refractivity contribution in [2.75, 3.05) is 0 Å². The van der Waals surface area contributed by atoms with Crippen LogP contribution in [0.15, 0.2) is 30.3 Å². The molecule has 0 atom stereocenters. The maximum Gasteiger partial charge on any atom is 0.133 e. The van der Waals surface area contributed by atoms with Crippen molar-refractivity contribution in [1.29, 1.82) is 0 Å². The molecule has 0 saturated heterocycles. The molecule has 0 spiro atoms. The van der Waals surface area contributed by atoms with Crippen LogP contribution < -0.4 is 0 Å². The van der Waals surface area contributed by atoms with E-state index in [-0.39, 0.29) is 15.6 Å². The monoisotopic (exact) mass is 257 g/mol. The van der Waals surface area contributed by atoms with E-state index in [0.29, 0.717) is 5.56 Å². The summed E-state index contributed by atoms with van der Waals surface area (Å²) in [6.45, 7) is 0. The lowest BCUT2D eigenvalue weighted by Gasteiger charge is -2.07. The Balaban J connectivity index is 2.68. The van der Waals surface area contributed by atoms with Gasteiger partial charge in [-0.05, 0) is 36.4 Å². The van der Waals surface area contributed by atoms with E-state index in [1.807, 2.05) is 0 Å². The summed E-state index contributed by atoms with van der Waals surface area (Å²) in [5.74, 6) is -1.02. The molecular formula is C12H5Cl2F2. The van der Waals surface area contributed by atoms with Crippen LogP contribution in [0, 0.1) is 17.7 Å². The summed E-state index contributed by atoms with van der Waals surface area (Å²) in [6, 6.07) is 8.84. The van der Waals surface area contributed by atoms with E-state index in [2.05, 4.69) is 6.07 Å². The second kappa shape index (κ2) is 4.40. The lowest BCUT2D eigenvalue weighted by atomic mass is 10.0. The summed E-state index contributed by atoms with van der Waals surface area (Å²) >= 11 is 11.7. The Labute approximate surface area is 101 Å². The van der Waals surface area contributed by atoms with Crippen LogP contribution >= 0.6 is 23.2 Å². The van der Waals surface area contributed by atoms with Gasteiger partial charge in [-0.3, -0.25) is 0 Å². The Morgan fingerprint density at radius 3 is 2.38 bits per heavy atom. The van der Waals surface area contributed by atoms with Crippen molar-refractivity contribution >= 4 is 23.2 Å². The number of hydrogen-bond acceptors (Lipinski definition) is 0. The van der Waals surface area contributed by atoms with Crippen LogP contribution in [-0.4, -0.2) is 0 Å². The average Bonchev–Trinajstić information content (AvgIpc) is 2.20. The first-order valence-corrected chi connectivity index (χ1v) is 5.15. The van der Waals surface area contributed by atoms with E-state index in [1.165, 1.54) is 18.2 Å². The molecule has 0 fully saturated rings. The fraction of sp³-hybridized carbons (Fsp3) is 0. The predicted octanol–water partition coefficient (Wildman–Crippen LogP) is 4.74. The zero-order valence-electron chi connectivity index (χ0n) is 7.90. The van der Waals surface area contributed by atoms with Crippen LogP contribution in [0.4, 0.5) is 8.78 Å². The van der Waals surface area contributed by atoms with E-state index in [9.17, 15) is 8.78 Å². The van der Waals surface area contributed by atoms with Gasteiger partial charge in [0.25, 0.3) is 0 Å². The van der Waals surface area contributed by atoms with Crippen molar-refractivity contribution in [3.63, 3.8) is 0 Å². The third-order valence-electron chi connectivity index (χ3n) is 2.10. The predicted molar refractivity (Wildman–Crippen MR) is 60.7 cm³/mol. The lowest BCUT2D eigenvalue weighted by Crippen LogP contribution is -1.88. The minimum Gasteiger partial charge on any atom is -0.207 e. The smallest absolute Gasteiger partial charge is 0.133 e. The lowest BCUT2D eigenvalue weighted by molar-refractivity contribution is 0.625. The van der Waals surface area contributed by atoms with Crippen LogP contribution in [0.3, 0.4) is 0 Å². The molecule has 0 N–H and O–H groups in total. The molecule has 2 rings (SSSR count). The van der Waals surface area contributed by atoms with Gasteiger partial charge >= 0.3 is 0 Å². The molecule has 16 heavy (non-hydrogen) atoms. The van der Waals surface area contributed by atoms with Gasteiger partial charge in [0.05, 0.1) is 10.0 Å². The van der Waals surface area contributed by atoms with Gasteiger partial charge in [-0.1, -0.05) is 23.2 Å².